The molecule has 152 valence electrons. The number of nitrogens with one attached hydrogen (secondary N) is 1. The van der Waals surface area contributed by atoms with Gasteiger partial charge in [-0.25, -0.2) is 8.78 Å². The molecule has 4 rings (SSSR count). The molecule has 2 amide bonds. The van der Waals surface area contributed by atoms with Gasteiger partial charge in [0.25, 0.3) is 0 Å². The van der Waals surface area contributed by atoms with Gasteiger partial charge in [-0.1, -0.05) is 23.7 Å². The van der Waals surface area contributed by atoms with E-state index < -0.39 is 29.4 Å². The summed E-state index contributed by atoms with van der Waals surface area (Å²) in [4.78, 5) is 31.3. The van der Waals surface area contributed by atoms with Crippen LogP contribution in [0.4, 0.5) is 20.2 Å². The Labute approximate surface area is 176 Å². The summed E-state index contributed by atoms with van der Waals surface area (Å²) in [6.45, 7) is 1.29. The number of carbonyl (C=O) groups excluding carboxylic acids is 2. The van der Waals surface area contributed by atoms with Crippen molar-refractivity contribution in [2.24, 2.45) is 0 Å². The van der Waals surface area contributed by atoms with E-state index in [0.29, 0.717) is 11.3 Å². The number of amides is 2. The second-order valence-electron chi connectivity index (χ2n) is 6.89. The van der Waals surface area contributed by atoms with E-state index in [1.165, 1.54) is 29.2 Å². The summed E-state index contributed by atoms with van der Waals surface area (Å²) >= 11 is 5.66. The summed E-state index contributed by atoms with van der Waals surface area (Å²) in [5.74, 6) is -2.84. The Balaban J connectivity index is 1.71. The van der Waals surface area contributed by atoms with Crippen LogP contribution < -0.4 is 10.2 Å². The average Bonchev–Trinajstić information content (AvgIpc) is 2.81. The van der Waals surface area contributed by atoms with Gasteiger partial charge in [0.05, 0.1) is 22.3 Å². The molecule has 8 heteroatoms. The molecule has 0 radical (unpaired) electrons. The van der Waals surface area contributed by atoms with Crippen LogP contribution >= 0.6 is 11.6 Å². The van der Waals surface area contributed by atoms with Crippen LogP contribution in [-0.4, -0.2) is 23.3 Å². The molecular formula is C22H16ClF2N3O2. The lowest BCUT2D eigenvalue weighted by Crippen LogP contribution is -2.40. The number of nitrogens with zero attached hydrogens (tertiary/aromatic N) is 2. The van der Waals surface area contributed by atoms with Crippen LogP contribution in [0.5, 0.6) is 0 Å². The van der Waals surface area contributed by atoms with Crippen LogP contribution in [0.3, 0.4) is 0 Å². The third kappa shape index (κ3) is 3.52. The van der Waals surface area contributed by atoms with E-state index in [1.54, 1.807) is 31.3 Å². The summed E-state index contributed by atoms with van der Waals surface area (Å²) in [5, 5.41) is 2.47. The molecule has 2 heterocycles. The Morgan fingerprint density at radius 2 is 1.97 bits per heavy atom. The number of anilines is 2. The molecule has 5 nitrogen and oxygen atoms in total. The maximum absolute atomic E-state index is 14.8. The van der Waals surface area contributed by atoms with Gasteiger partial charge in [0.1, 0.15) is 18.2 Å². The smallest absolute Gasteiger partial charge is 0.244 e. The summed E-state index contributed by atoms with van der Waals surface area (Å²) in [6.07, 6.45) is 1.54. The van der Waals surface area contributed by atoms with Crippen molar-refractivity contribution in [2.45, 2.75) is 12.8 Å². The minimum Gasteiger partial charge on any atom is -0.324 e. The number of benzene rings is 2. The molecule has 1 N–H and O–H groups in total. The first-order valence-corrected chi connectivity index (χ1v) is 9.54. The zero-order valence-corrected chi connectivity index (χ0v) is 16.6. The SMILES string of the molecule is CC1C(=O)N(CC(=O)Nc2ccc(Cl)c(F)c2)c2cccc(F)c2-c2cccnc21. The molecule has 1 aliphatic rings. The van der Waals surface area contributed by atoms with E-state index in [0.717, 1.165) is 6.07 Å². The summed E-state index contributed by atoms with van der Waals surface area (Å²) in [7, 11) is 0. The first-order chi connectivity index (χ1) is 14.4. The molecule has 0 fully saturated rings. The molecule has 0 spiro atoms. The van der Waals surface area contributed by atoms with E-state index in [2.05, 4.69) is 10.3 Å². The van der Waals surface area contributed by atoms with Gasteiger partial charge in [0.15, 0.2) is 0 Å². The van der Waals surface area contributed by atoms with E-state index in [4.69, 9.17) is 11.6 Å². The Bertz CT molecular complexity index is 1170. The van der Waals surface area contributed by atoms with Crippen molar-refractivity contribution in [3.8, 4) is 11.1 Å². The van der Waals surface area contributed by atoms with Gasteiger partial charge in [-0.3, -0.25) is 14.6 Å². The predicted octanol–water partition coefficient (Wildman–Crippen LogP) is 4.77. The highest BCUT2D eigenvalue weighted by molar-refractivity contribution is 6.30. The molecule has 0 bridgehead atoms. The van der Waals surface area contributed by atoms with Crippen molar-refractivity contribution in [1.29, 1.82) is 0 Å². The van der Waals surface area contributed by atoms with Crippen LogP contribution in [0.1, 0.15) is 18.5 Å². The molecule has 0 saturated heterocycles. The first-order valence-electron chi connectivity index (χ1n) is 9.17. The van der Waals surface area contributed by atoms with Gasteiger partial charge in [-0.2, -0.15) is 0 Å². The zero-order chi connectivity index (χ0) is 21.4. The van der Waals surface area contributed by atoms with Gasteiger partial charge in [-0.05, 0) is 43.3 Å². The zero-order valence-electron chi connectivity index (χ0n) is 15.8. The standard InChI is InChI=1S/C22H16ClF2N3O2/c1-12-21-14(4-3-9-26-21)20-16(24)5-2-6-18(20)28(22(12)30)11-19(29)27-13-7-8-15(23)17(25)10-13/h2-10,12H,11H2,1H3,(H,27,29). The number of pyridine rings is 1. The lowest BCUT2D eigenvalue weighted by Gasteiger charge is -2.24. The third-order valence-corrected chi connectivity index (χ3v) is 5.25. The Morgan fingerprint density at radius 1 is 1.17 bits per heavy atom. The van der Waals surface area contributed by atoms with Crippen LogP contribution in [0.15, 0.2) is 54.7 Å². The fourth-order valence-electron chi connectivity index (χ4n) is 3.53. The Kier molecular flexibility index (Phi) is 5.22. The molecule has 1 unspecified atom stereocenters. The van der Waals surface area contributed by atoms with Crippen molar-refractivity contribution in [1.82, 2.24) is 4.98 Å². The molecule has 30 heavy (non-hydrogen) atoms. The highest BCUT2D eigenvalue weighted by atomic mass is 35.5. The maximum atomic E-state index is 14.8. The van der Waals surface area contributed by atoms with Crippen LogP contribution in [0, 0.1) is 11.6 Å². The van der Waals surface area contributed by atoms with Gasteiger partial charge < -0.3 is 10.2 Å². The van der Waals surface area contributed by atoms with Crippen molar-refractivity contribution in [3.63, 3.8) is 0 Å². The van der Waals surface area contributed by atoms with E-state index in [1.807, 2.05) is 0 Å². The molecule has 0 saturated carbocycles. The largest absolute Gasteiger partial charge is 0.324 e. The number of rotatable bonds is 3. The van der Waals surface area contributed by atoms with Crippen molar-refractivity contribution in [2.75, 3.05) is 16.8 Å². The van der Waals surface area contributed by atoms with Crippen LogP contribution in [0.25, 0.3) is 11.1 Å². The van der Waals surface area contributed by atoms with E-state index in [9.17, 15) is 18.4 Å². The van der Waals surface area contributed by atoms with Crippen LogP contribution in [-0.2, 0) is 9.59 Å². The van der Waals surface area contributed by atoms with Gasteiger partial charge in [-0.15, -0.1) is 0 Å². The van der Waals surface area contributed by atoms with Gasteiger partial charge in [0, 0.05) is 23.0 Å². The molecule has 1 atom stereocenters. The Hall–Kier alpha value is -3.32. The molecule has 1 aliphatic heterocycles. The number of carbonyl (C=O) groups is 2. The van der Waals surface area contributed by atoms with Crippen molar-refractivity contribution >= 4 is 34.8 Å². The highest BCUT2D eigenvalue weighted by Crippen LogP contribution is 2.41. The topological polar surface area (TPSA) is 62.3 Å². The minimum atomic E-state index is -0.686. The highest BCUT2D eigenvalue weighted by Gasteiger charge is 2.34. The second-order valence-corrected chi connectivity index (χ2v) is 7.30. The number of halogens is 3. The summed E-state index contributed by atoms with van der Waals surface area (Å²) in [6, 6.07) is 11.6. The lowest BCUT2D eigenvalue weighted by molar-refractivity contribution is -0.122. The van der Waals surface area contributed by atoms with Gasteiger partial charge in [0.2, 0.25) is 11.8 Å². The predicted molar refractivity (Wildman–Crippen MR) is 110 cm³/mol. The van der Waals surface area contributed by atoms with Crippen LogP contribution in [0.2, 0.25) is 5.02 Å². The molecular weight excluding hydrogens is 412 g/mol. The molecule has 3 aromatic rings. The van der Waals surface area contributed by atoms with Gasteiger partial charge >= 0.3 is 0 Å². The second kappa shape index (κ2) is 7.84. The fraction of sp³-hybridized carbons (Fsp3) is 0.136. The monoisotopic (exact) mass is 427 g/mol. The number of hydrogen-bond donors (Lipinski definition) is 1. The lowest BCUT2D eigenvalue weighted by atomic mass is 9.97. The number of aromatic nitrogens is 1. The quantitative estimate of drug-likeness (QED) is 0.655. The Morgan fingerprint density at radius 3 is 2.73 bits per heavy atom. The fourth-order valence-corrected chi connectivity index (χ4v) is 3.65. The summed E-state index contributed by atoms with van der Waals surface area (Å²) in [5.41, 5.74) is 1.63. The summed E-state index contributed by atoms with van der Waals surface area (Å²) < 4.78 is 28.5. The van der Waals surface area contributed by atoms with Crippen molar-refractivity contribution < 1.29 is 18.4 Å². The van der Waals surface area contributed by atoms with E-state index >= 15 is 0 Å². The van der Waals surface area contributed by atoms with E-state index in [-0.39, 0.29) is 28.5 Å². The molecule has 2 aromatic carbocycles. The van der Waals surface area contributed by atoms with Crippen molar-refractivity contribution in [3.05, 3.63) is 77.1 Å². The molecule has 1 aromatic heterocycles. The third-order valence-electron chi connectivity index (χ3n) is 4.94. The normalized spacial score (nSPS) is 15.3. The number of fused-ring (bicyclic) bond motifs is 3. The maximum Gasteiger partial charge on any atom is 0.244 e. The average molecular weight is 428 g/mol. The molecule has 0 aliphatic carbocycles. The minimum absolute atomic E-state index is 0.0702. The number of hydrogen-bond acceptors (Lipinski definition) is 3. The first kappa shape index (κ1) is 20.0.